The molecule has 21 heavy (non-hydrogen) atoms. The summed E-state index contributed by atoms with van der Waals surface area (Å²) < 4.78 is 6.74. The Morgan fingerprint density at radius 2 is 1.62 bits per heavy atom. The predicted octanol–water partition coefficient (Wildman–Crippen LogP) is 3.84. The van der Waals surface area contributed by atoms with Crippen LogP contribution in [0.3, 0.4) is 0 Å². The minimum absolute atomic E-state index is 0.0692. The highest BCUT2D eigenvalue weighted by Gasteiger charge is 2.64. The molecule has 5 saturated carbocycles. The van der Waals surface area contributed by atoms with Crippen LogP contribution in [-0.4, -0.2) is 18.0 Å². The molecule has 0 amide bonds. The molecule has 0 radical (unpaired) electrons. The molecule has 6 aliphatic rings. The van der Waals surface area contributed by atoms with E-state index in [4.69, 9.17) is 14.5 Å². The Bertz CT molecular complexity index is 439. The zero-order valence-electron chi connectivity index (χ0n) is 12.9. The first kappa shape index (κ1) is 13.1. The fourth-order valence-corrected chi connectivity index (χ4v) is 5.78. The van der Waals surface area contributed by atoms with E-state index >= 15 is 0 Å². The van der Waals surface area contributed by atoms with E-state index < -0.39 is 5.79 Å². The molecular formula is C18H26O3. The molecule has 5 aliphatic carbocycles. The van der Waals surface area contributed by atoms with Gasteiger partial charge in [0, 0.05) is 11.8 Å². The molecule has 0 aromatic heterocycles. The van der Waals surface area contributed by atoms with Gasteiger partial charge < -0.3 is 4.74 Å². The Morgan fingerprint density at radius 1 is 1.00 bits per heavy atom. The molecule has 116 valence electrons. The van der Waals surface area contributed by atoms with Crippen molar-refractivity contribution < 1.29 is 14.5 Å². The molecule has 6 rings (SSSR count). The van der Waals surface area contributed by atoms with Gasteiger partial charge in [-0.2, -0.15) is 4.89 Å². The van der Waals surface area contributed by atoms with E-state index in [9.17, 15) is 0 Å². The van der Waals surface area contributed by atoms with E-state index in [1.54, 1.807) is 0 Å². The van der Waals surface area contributed by atoms with Gasteiger partial charge in [-0.3, -0.25) is 0 Å². The van der Waals surface area contributed by atoms with Crippen LogP contribution in [0.1, 0.15) is 51.9 Å². The number of ether oxygens (including phenoxy) is 1. The van der Waals surface area contributed by atoms with Gasteiger partial charge in [0.1, 0.15) is 6.10 Å². The van der Waals surface area contributed by atoms with Crippen molar-refractivity contribution >= 4 is 0 Å². The lowest BCUT2D eigenvalue weighted by molar-refractivity contribution is -0.535. The normalized spacial score (nSPS) is 55.1. The molecule has 1 aliphatic heterocycles. The fourth-order valence-electron chi connectivity index (χ4n) is 5.78. The summed E-state index contributed by atoms with van der Waals surface area (Å²) in [6.45, 7) is 6.11. The third kappa shape index (κ3) is 1.83. The molecular weight excluding hydrogens is 264 g/mol. The third-order valence-corrected chi connectivity index (χ3v) is 6.75. The Balaban J connectivity index is 1.45. The van der Waals surface area contributed by atoms with Crippen LogP contribution in [-0.2, 0) is 14.5 Å². The predicted molar refractivity (Wildman–Crippen MR) is 78.1 cm³/mol. The smallest absolute Gasteiger partial charge is 0.207 e. The topological polar surface area (TPSA) is 27.7 Å². The van der Waals surface area contributed by atoms with Gasteiger partial charge in [-0.15, -0.1) is 0 Å². The van der Waals surface area contributed by atoms with Gasteiger partial charge in [0.15, 0.2) is 0 Å². The van der Waals surface area contributed by atoms with Crippen molar-refractivity contribution in [1.82, 2.24) is 0 Å². The fraction of sp³-hybridized carbons (Fsp3) is 0.889. The highest BCUT2D eigenvalue weighted by atomic mass is 17.2. The molecule has 0 N–H and O–H groups in total. The standard InChI is InChI=1S/C18H26O3/c1-10(2)16-17(13-3-4-13)19-18(21-20-16)14-6-11-5-12(8-14)9-15(18)7-11/h11-17H,1,3-9H2,2H3/t11?,12?,14?,15?,16-,17-,18?/m0/s1. The van der Waals surface area contributed by atoms with E-state index in [1.807, 2.05) is 6.92 Å². The Hall–Kier alpha value is -0.380. The van der Waals surface area contributed by atoms with Gasteiger partial charge in [-0.25, -0.2) is 4.89 Å². The zero-order valence-corrected chi connectivity index (χ0v) is 12.9. The number of hydrogen-bond acceptors (Lipinski definition) is 3. The maximum Gasteiger partial charge on any atom is 0.207 e. The van der Waals surface area contributed by atoms with E-state index in [0.29, 0.717) is 17.8 Å². The van der Waals surface area contributed by atoms with Crippen molar-refractivity contribution in [2.75, 3.05) is 0 Å². The zero-order chi connectivity index (χ0) is 14.2. The second kappa shape index (κ2) is 4.33. The second-order valence-corrected chi connectivity index (χ2v) is 8.39. The molecule has 1 spiro atoms. The molecule has 2 atom stereocenters. The quantitative estimate of drug-likeness (QED) is 0.571. The van der Waals surface area contributed by atoms with Gasteiger partial charge in [-0.1, -0.05) is 6.58 Å². The molecule has 0 aromatic carbocycles. The summed E-state index contributed by atoms with van der Waals surface area (Å²) in [4.78, 5) is 11.9. The van der Waals surface area contributed by atoms with Crippen LogP contribution < -0.4 is 0 Å². The third-order valence-electron chi connectivity index (χ3n) is 6.75. The average Bonchev–Trinajstić information content (AvgIpc) is 3.28. The van der Waals surface area contributed by atoms with Crippen molar-refractivity contribution in [3.05, 3.63) is 12.2 Å². The van der Waals surface area contributed by atoms with Crippen molar-refractivity contribution in [1.29, 1.82) is 0 Å². The van der Waals surface area contributed by atoms with Gasteiger partial charge in [0.2, 0.25) is 5.79 Å². The monoisotopic (exact) mass is 290 g/mol. The first-order valence-corrected chi connectivity index (χ1v) is 8.83. The maximum atomic E-state index is 6.74. The van der Waals surface area contributed by atoms with Crippen molar-refractivity contribution in [2.24, 2.45) is 29.6 Å². The summed E-state index contributed by atoms with van der Waals surface area (Å²) in [6.07, 6.45) is 9.23. The van der Waals surface area contributed by atoms with Crippen LogP contribution in [0.15, 0.2) is 12.2 Å². The Kier molecular flexibility index (Phi) is 2.70. The number of rotatable bonds is 2. The highest BCUT2D eigenvalue weighted by Crippen LogP contribution is 2.62. The van der Waals surface area contributed by atoms with E-state index in [1.165, 1.54) is 44.9 Å². The summed E-state index contributed by atoms with van der Waals surface area (Å²) in [5.41, 5.74) is 1.03. The minimum Gasteiger partial charge on any atom is -0.340 e. The lowest BCUT2D eigenvalue weighted by atomic mass is 9.53. The summed E-state index contributed by atoms with van der Waals surface area (Å²) in [5.74, 6) is 3.19. The van der Waals surface area contributed by atoms with E-state index in [0.717, 1.165) is 17.4 Å². The molecule has 1 saturated heterocycles. The molecule has 1 heterocycles. The Labute approximate surface area is 126 Å². The summed E-state index contributed by atoms with van der Waals surface area (Å²) in [6, 6.07) is 0. The van der Waals surface area contributed by atoms with Gasteiger partial charge in [0.25, 0.3) is 0 Å². The van der Waals surface area contributed by atoms with Gasteiger partial charge in [-0.05, 0) is 75.2 Å². The lowest BCUT2D eigenvalue weighted by Gasteiger charge is -2.61. The van der Waals surface area contributed by atoms with Crippen molar-refractivity contribution in [3.63, 3.8) is 0 Å². The van der Waals surface area contributed by atoms with Gasteiger partial charge >= 0.3 is 0 Å². The van der Waals surface area contributed by atoms with Crippen LogP contribution in [0.25, 0.3) is 0 Å². The average molecular weight is 290 g/mol. The molecule has 3 heteroatoms. The van der Waals surface area contributed by atoms with Crippen LogP contribution in [0.4, 0.5) is 0 Å². The SMILES string of the molecule is C=C(C)[C@@H]1OOC2(O[C@H]1C1CC1)C1CC3CC(C1)CC2C3. The highest BCUT2D eigenvalue weighted by molar-refractivity contribution is 5.10. The van der Waals surface area contributed by atoms with Crippen molar-refractivity contribution in [3.8, 4) is 0 Å². The first-order chi connectivity index (χ1) is 10.2. The Morgan fingerprint density at radius 3 is 2.14 bits per heavy atom. The summed E-state index contributed by atoms with van der Waals surface area (Å²) >= 11 is 0. The second-order valence-electron chi connectivity index (χ2n) is 8.39. The lowest BCUT2D eigenvalue weighted by Crippen LogP contribution is -2.65. The molecule has 4 bridgehead atoms. The first-order valence-electron chi connectivity index (χ1n) is 8.83. The van der Waals surface area contributed by atoms with Crippen LogP contribution in [0.2, 0.25) is 0 Å². The summed E-state index contributed by atoms with van der Waals surface area (Å²) in [7, 11) is 0. The maximum absolute atomic E-state index is 6.74. The van der Waals surface area contributed by atoms with Crippen LogP contribution in [0.5, 0.6) is 0 Å². The van der Waals surface area contributed by atoms with Crippen LogP contribution >= 0.6 is 0 Å². The largest absolute Gasteiger partial charge is 0.340 e. The molecule has 0 aromatic rings. The summed E-state index contributed by atoms with van der Waals surface area (Å²) in [5, 5.41) is 0. The van der Waals surface area contributed by atoms with E-state index in [2.05, 4.69) is 6.58 Å². The molecule has 3 nitrogen and oxygen atoms in total. The van der Waals surface area contributed by atoms with E-state index in [-0.39, 0.29) is 12.2 Å². The van der Waals surface area contributed by atoms with Crippen molar-refractivity contribution in [2.45, 2.75) is 69.9 Å². The number of hydrogen-bond donors (Lipinski definition) is 0. The molecule has 6 fully saturated rings. The molecule has 0 unspecified atom stereocenters. The van der Waals surface area contributed by atoms with Gasteiger partial charge in [0.05, 0.1) is 6.10 Å². The van der Waals surface area contributed by atoms with Crippen LogP contribution in [0, 0.1) is 29.6 Å². The minimum atomic E-state index is -0.424.